The maximum absolute atomic E-state index is 11.8. The summed E-state index contributed by atoms with van der Waals surface area (Å²) in [5.41, 5.74) is 1.06. The molecule has 1 atom stereocenters. The summed E-state index contributed by atoms with van der Waals surface area (Å²) >= 11 is 0. The molecule has 3 N–H and O–H groups in total. The van der Waals surface area contributed by atoms with Crippen LogP contribution in [0.4, 0.5) is 4.79 Å². The normalized spacial score (nSPS) is 12.0. The average molecular weight is 292 g/mol. The van der Waals surface area contributed by atoms with Crippen molar-refractivity contribution >= 4 is 12.0 Å². The molecule has 2 amide bonds. The summed E-state index contributed by atoms with van der Waals surface area (Å²) < 4.78 is 0. The number of aryl methyl sites for hydroxylation is 1. The molecule has 0 bridgehead atoms. The van der Waals surface area contributed by atoms with Crippen LogP contribution < -0.4 is 10.6 Å². The van der Waals surface area contributed by atoms with Gasteiger partial charge < -0.3 is 15.7 Å². The highest BCUT2D eigenvalue weighted by Gasteiger charge is 2.20. The highest BCUT2D eigenvalue weighted by Crippen LogP contribution is 2.05. The molecule has 0 aliphatic heterocycles. The van der Waals surface area contributed by atoms with Gasteiger partial charge in [0, 0.05) is 6.04 Å². The first-order valence-electron chi connectivity index (χ1n) is 7.40. The van der Waals surface area contributed by atoms with E-state index in [2.05, 4.69) is 10.6 Å². The maximum atomic E-state index is 11.8. The number of aliphatic carboxylic acids is 1. The van der Waals surface area contributed by atoms with Crippen molar-refractivity contribution in [3.05, 3.63) is 35.9 Å². The third-order valence-electron chi connectivity index (χ3n) is 3.49. The van der Waals surface area contributed by atoms with E-state index in [1.807, 2.05) is 44.2 Å². The molecule has 0 unspecified atom stereocenters. The monoisotopic (exact) mass is 292 g/mol. The van der Waals surface area contributed by atoms with Gasteiger partial charge in [-0.05, 0) is 31.2 Å². The standard InChI is InChI=1S/C16H24N2O3/c1-3-13(4-2)17-16(21)18-14(15(19)20)11-10-12-8-6-5-7-9-12/h5-9,13-14H,3-4,10-11H2,1-2H3,(H,19,20)(H2,17,18,21)/t14-/m0/s1. The number of carboxylic acid groups (broad SMARTS) is 1. The molecule has 0 fully saturated rings. The fraction of sp³-hybridized carbons (Fsp3) is 0.500. The zero-order chi connectivity index (χ0) is 15.7. The van der Waals surface area contributed by atoms with Crippen LogP contribution in [-0.4, -0.2) is 29.2 Å². The van der Waals surface area contributed by atoms with Gasteiger partial charge in [0.2, 0.25) is 0 Å². The molecule has 0 saturated heterocycles. The van der Waals surface area contributed by atoms with Gasteiger partial charge in [-0.3, -0.25) is 0 Å². The lowest BCUT2D eigenvalue weighted by Crippen LogP contribution is -2.49. The number of nitrogens with one attached hydrogen (secondary N) is 2. The van der Waals surface area contributed by atoms with Gasteiger partial charge in [-0.2, -0.15) is 0 Å². The van der Waals surface area contributed by atoms with E-state index < -0.39 is 18.0 Å². The first-order valence-corrected chi connectivity index (χ1v) is 7.40. The van der Waals surface area contributed by atoms with E-state index >= 15 is 0 Å². The summed E-state index contributed by atoms with van der Waals surface area (Å²) in [6, 6.07) is 8.43. The summed E-state index contributed by atoms with van der Waals surface area (Å²) in [5.74, 6) is -1.01. The minimum atomic E-state index is -1.01. The number of rotatable bonds is 8. The Morgan fingerprint density at radius 2 is 1.71 bits per heavy atom. The summed E-state index contributed by atoms with van der Waals surface area (Å²) in [4.78, 5) is 23.1. The van der Waals surface area contributed by atoms with Gasteiger partial charge in [0.05, 0.1) is 0 Å². The predicted octanol–water partition coefficient (Wildman–Crippen LogP) is 2.56. The zero-order valence-corrected chi connectivity index (χ0v) is 12.6. The molecular formula is C16H24N2O3. The van der Waals surface area contributed by atoms with Crippen LogP contribution in [0.15, 0.2) is 30.3 Å². The Morgan fingerprint density at radius 1 is 1.10 bits per heavy atom. The third kappa shape index (κ3) is 6.29. The van der Waals surface area contributed by atoms with Crippen LogP contribution >= 0.6 is 0 Å². The molecule has 0 spiro atoms. The Labute approximate surface area is 125 Å². The zero-order valence-electron chi connectivity index (χ0n) is 12.6. The van der Waals surface area contributed by atoms with Crippen molar-refractivity contribution in [2.24, 2.45) is 0 Å². The highest BCUT2D eigenvalue weighted by atomic mass is 16.4. The molecule has 0 aliphatic rings. The van der Waals surface area contributed by atoms with Crippen LogP contribution in [-0.2, 0) is 11.2 Å². The lowest BCUT2D eigenvalue weighted by Gasteiger charge is -2.19. The highest BCUT2D eigenvalue weighted by molar-refractivity contribution is 5.82. The topological polar surface area (TPSA) is 78.4 Å². The van der Waals surface area contributed by atoms with Gasteiger partial charge in [0.25, 0.3) is 0 Å². The molecule has 5 heteroatoms. The average Bonchev–Trinajstić information content (AvgIpc) is 2.49. The van der Waals surface area contributed by atoms with Crippen molar-refractivity contribution < 1.29 is 14.7 Å². The van der Waals surface area contributed by atoms with Crippen LogP contribution in [0.2, 0.25) is 0 Å². The maximum Gasteiger partial charge on any atom is 0.326 e. The van der Waals surface area contributed by atoms with Gasteiger partial charge in [0.15, 0.2) is 0 Å². The van der Waals surface area contributed by atoms with E-state index in [0.29, 0.717) is 12.8 Å². The smallest absolute Gasteiger partial charge is 0.326 e. The molecule has 0 heterocycles. The second kappa shape index (κ2) is 9.00. The molecule has 5 nitrogen and oxygen atoms in total. The van der Waals surface area contributed by atoms with E-state index in [-0.39, 0.29) is 6.04 Å². The van der Waals surface area contributed by atoms with Crippen molar-refractivity contribution in [2.75, 3.05) is 0 Å². The lowest BCUT2D eigenvalue weighted by atomic mass is 10.1. The third-order valence-corrected chi connectivity index (χ3v) is 3.49. The van der Waals surface area contributed by atoms with Gasteiger partial charge in [-0.1, -0.05) is 44.2 Å². The quantitative estimate of drug-likeness (QED) is 0.689. The summed E-state index contributed by atoms with van der Waals surface area (Å²) in [6.45, 7) is 3.97. The number of carbonyl (C=O) groups excluding carboxylic acids is 1. The number of carbonyl (C=O) groups is 2. The van der Waals surface area contributed by atoms with Crippen molar-refractivity contribution in [3.63, 3.8) is 0 Å². The van der Waals surface area contributed by atoms with E-state index in [1.165, 1.54) is 0 Å². The molecule has 0 radical (unpaired) electrons. The fourth-order valence-electron chi connectivity index (χ4n) is 2.09. The summed E-state index contributed by atoms with van der Waals surface area (Å²) in [7, 11) is 0. The SMILES string of the molecule is CCC(CC)NC(=O)N[C@@H](CCc1ccccc1)C(=O)O. The van der Waals surface area contributed by atoms with Gasteiger partial charge in [0.1, 0.15) is 6.04 Å². The van der Waals surface area contributed by atoms with Crippen LogP contribution in [0.5, 0.6) is 0 Å². The van der Waals surface area contributed by atoms with Crippen molar-refractivity contribution in [2.45, 2.75) is 51.6 Å². The van der Waals surface area contributed by atoms with Crippen LogP contribution in [0, 0.1) is 0 Å². The Hall–Kier alpha value is -2.04. The van der Waals surface area contributed by atoms with Crippen molar-refractivity contribution in [1.82, 2.24) is 10.6 Å². The lowest BCUT2D eigenvalue weighted by molar-refractivity contribution is -0.139. The predicted molar refractivity (Wildman–Crippen MR) is 82.2 cm³/mol. The van der Waals surface area contributed by atoms with Crippen LogP contribution in [0.1, 0.15) is 38.7 Å². The number of urea groups is 1. The second-order valence-electron chi connectivity index (χ2n) is 5.05. The Balaban J connectivity index is 2.50. The van der Waals surface area contributed by atoms with E-state index in [0.717, 1.165) is 18.4 Å². The van der Waals surface area contributed by atoms with Gasteiger partial charge >= 0.3 is 12.0 Å². The van der Waals surface area contributed by atoms with Crippen molar-refractivity contribution in [1.29, 1.82) is 0 Å². The Kier molecular flexibility index (Phi) is 7.29. The first kappa shape index (κ1) is 17.0. The number of hydrogen-bond acceptors (Lipinski definition) is 2. The van der Waals surface area contributed by atoms with E-state index in [1.54, 1.807) is 0 Å². The van der Waals surface area contributed by atoms with Gasteiger partial charge in [-0.15, -0.1) is 0 Å². The minimum absolute atomic E-state index is 0.0774. The van der Waals surface area contributed by atoms with E-state index in [4.69, 9.17) is 0 Å². The summed E-state index contributed by atoms with van der Waals surface area (Å²) in [6.07, 6.45) is 2.64. The van der Waals surface area contributed by atoms with Gasteiger partial charge in [-0.25, -0.2) is 9.59 Å². The minimum Gasteiger partial charge on any atom is -0.480 e. The van der Waals surface area contributed by atoms with Crippen LogP contribution in [0.3, 0.4) is 0 Å². The number of amides is 2. The Morgan fingerprint density at radius 3 is 2.24 bits per heavy atom. The fourth-order valence-corrected chi connectivity index (χ4v) is 2.09. The number of carboxylic acids is 1. The molecule has 116 valence electrons. The summed E-state index contributed by atoms with van der Waals surface area (Å²) in [5, 5.41) is 14.5. The molecule has 1 aromatic carbocycles. The molecule has 21 heavy (non-hydrogen) atoms. The first-order chi connectivity index (χ1) is 10.1. The van der Waals surface area contributed by atoms with Crippen molar-refractivity contribution in [3.8, 4) is 0 Å². The molecular weight excluding hydrogens is 268 g/mol. The Bertz CT molecular complexity index is 444. The molecule has 1 aromatic rings. The molecule has 0 aromatic heterocycles. The molecule has 0 saturated carbocycles. The second-order valence-corrected chi connectivity index (χ2v) is 5.05. The van der Waals surface area contributed by atoms with E-state index in [9.17, 15) is 14.7 Å². The number of hydrogen-bond donors (Lipinski definition) is 3. The largest absolute Gasteiger partial charge is 0.480 e. The van der Waals surface area contributed by atoms with Crippen LogP contribution in [0.25, 0.3) is 0 Å². The molecule has 1 rings (SSSR count). The molecule has 0 aliphatic carbocycles. The number of benzene rings is 1.